The van der Waals surface area contributed by atoms with Crippen LogP contribution in [-0.4, -0.2) is 24.0 Å². The van der Waals surface area contributed by atoms with Crippen molar-refractivity contribution in [2.45, 2.75) is 38.8 Å². The first kappa shape index (κ1) is 12.1. The van der Waals surface area contributed by atoms with Crippen LogP contribution in [0.25, 0.3) is 0 Å². The Morgan fingerprint density at radius 1 is 1.47 bits per heavy atom. The van der Waals surface area contributed by atoms with Crippen molar-refractivity contribution in [1.82, 2.24) is 5.32 Å². The van der Waals surface area contributed by atoms with Crippen LogP contribution in [-0.2, 0) is 9.53 Å². The van der Waals surface area contributed by atoms with E-state index in [9.17, 15) is 9.59 Å². The number of amides is 1. The second kappa shape index (κ2) is 4.87. The minimum Gasteiger partial charge on any atom is -0.448 e. The van der Waals surface area contributed by atoms with Gasteiger partial charge in [-0.15, -0.1) is 11.3 Å². The Morgan fingerprint density at radius 3 is 2.71 bits per heavy atom. The Balaban J connectivity index is 1.86. The molecule has 1 saturated carbocycles. The Bertz CT molecular complexity index is 437. The van der Waals surface area contributed by atoms with Crippen molar-refractivity contribution in [2.24, 2.45) is 0 Å². The summed E-state index contributed by atoms with van der Waals surface area (Å²) in [5.41, 5.74) is 0. The van der Waals surface area contributed by atoms with Gasteiger partial charge in [-0.05, 0) is 38.8 Å². The number of carbonyl (C=O) groups excluding carboxylic acids is 2. The molecule has 1 fully saturated rings. The van der Waals surface area contributed by atoms with Crippen LogP contribution in [0.3, 0.4) is 0 Å². The largest absolute Gasteiger partial charge is 0.448 e. The lowest BCUT2D eigenvalue weighted by atomic mass is 10.3. The molecular weight excluding hydrogens is 238 g/mol. The van der Waals surface area contributed by atoms with Crippen molar-refractivity contribution in [1.29, 1.82) is 0 Å². The van der Waals surface area contributed by atoms with E-state index >= 15 is 0 Å². The number of thiophene rings is 1. The van der Waals surface area contributed by atoms with Gasteiger partial charge in [0.2, 0.25) is 0 Å². The van der Waals surface area contributed by atoms with Gasteiger partial charge in [0.15, 0.2) is 6.10 Å². The van der Waals surface area contributed by atoms with Crippen molar-refractivity contribution in [3.8, 4) is 0 Å². The van der Waals surface area contributed by atoms with E-state index in [2.05, 4.69) is 5.32 Å². The van der Waals surface area contributed by atoms with Crippen molar-refractivity contribution in [2.75, 3.05) is 0 Å². The molecule has 17 heavy (non-hydrogen) atoms. The maximum absolute atomic E-state index is 11.7. The maximum Gasteiger partial charge on any atom is 0.349 e. The van der Waals surface area contributed by atoms with Crippen LogP contribution >= 0.6 is 11.3 Å². The van der Waals surface area contributed by atoms with E-state index < -0.39 is 12.1 Å². The first-order valence-electron chi connectivity index (χ1n) is 5.64. The number of esters is 1. The SMILES string of the molecule is Cc1ccc(C(=O)OC(C)C(=O)NC2CC2)s1. The predicted octanol–water partition coefficient (Wildman–Crippen LogP) is 1.88. The molecule has 4 nitrogen and oxygen atoms in total. The smallest absolute Gasteiger partial charge is 0.349 e. The molecule has 1 N–H and O–H groups in total. The molecule has 1 aromatic heterocycles. The van der Waals surface area contributed by atoms with E-state index in [0.717, 1.165) is 17.7 Å². The lowest BCUT2D eigenvalue weighted by Gasteiger charge is -2.12. The predicted molar refractivity (Wildman–Crippen MR) is 65.1 cm³/mol. The minimum absolute atomic E-state index is 0.214. The molecular formula is C12H15NO3S. The Hall–Kier alpha value is -1.36. The zero-order valence-electron chi connectivity index (χ0n) is 9.86. The molecule has 1 amide bonds. The third kappa shape index (κ3) is 3.30. The van der Waals surface area contributed by atoms with Crippen LogP contribution in [0, 0.1) is 6.92 Å². The number of hydrogen-bond donors (Lipinski definition) is 1. The van der Waals surface area contributed by atoms with E-state index in [1.807, 2.05) is 13.0 Å². The van der Waals surface area contributed by atoms with Crippen LogP contribution in [0.1, 0.15) is 34.3 Å². The Kier molecular flexibility index (Phi) is 3.47. The molecule has 2 rings (SSSR count). The molecule has 0 bridgehead atoms. The lowest BCUT2D eigenvalue weighted by molar-refractivity contribution is -0.129. The monoisotopic (exact) mass is 253 g/mol. The zero-order valence-corrected chi connectivity index (χ0v) is 10.7. The molecule has 5 heteroatoms. The quantitative estimate of drug-likeness (QED) is 0.834. The molecule has 0 aliphatic heterocycles. The van der Waals surface area contributed by atoms with Crippen LogP contribution < -0.4 is 5.32 Å². The average molecular weight is 253 g/mol. The van der Waals surface area contributed by atoms with Crippen LogP contribution in [0.2, 0.25) is 0 Å². The van der Waals surface area contributed by atoms with Gasteiger partial charge in [0.25, 0.3) is 5.91 Å². The maximum atomic E-state index is 11.7. The molecule has 1 aromatic rings. The fraction of sp³-hybridized carbons (Fsp3) is 0.500. The summed E-state index contributed by atoms with van der Waals surface area (Å²) in [5, 5.41) is 2.80. The summed E-state index contributed by atoms with van der Waals surface area (Å²) in [4.78, 5) is 24.8. The van der Waals surface area contributed by atoms with Crippen molar-refractivity contribution >= 4 is 23.2 Å². The number of rotatable bonds is 4. The summed E-state index contributed by atoms with van der Waals surface area (Å²) < 4.78 is 5.10. The van der Waals surface area contributed by atoms with E-state index in [4.69, 9.17) is 4.74 Å². The van der Waals surface area contributed by atoms with Gasteiger partial charge in [-0.3, -0.25) is 4.79 Å². The van der Waals surface area contributed by atoms with E-state index in [1.165, 1.54) is 11.3 Å². The van der Waals surface area contributed by atoms with E-state index in [-0.39, 0.29) is 11.9 Å². The fourth-order valence-electron chi connectivity index (χ4n) is 1.36. The summed E-state index contributed by atoms with van der Waals surface area (Å²) in [6.45, 7) is 3.51. The minimum atomic E-state index is -0.731. The summed E-state index contributed by atoms with van der Waals surface area (Å²) in [7, 11) is 0. The van der Waals surface area contributed by atoms with Gasteiger partial charge in [0.1, 0.15) is 4.88 Å². The number of carbonyl (C=O) groups is 2. The highest BCUT2D eigenvalue weighted by molar-refractivity contribution is 7.13. The van der Waals surface area contributed by atoms with Crippen LogP contribution in [0.5, 0.6) is 0 Å². The third-order valence-electron chi connectivity index (χ3n) is 2.52. The normalized spacial score (nSPS) is 16.4. The topological polar surface area (TPSA) is 55.4 Å². The molecule has 92 valence electrons. The molecule has 1 unspecified atom stereocenters. The first-order valence-corrected chi connectivity index (χ1v) is 6.45. The highest BCUT2D eigenvalue weighted by Crippen LogP contribution is 2.19. The average Bonchev–Trinajstić information content (AvgIpc) is 2.97. The number of hydrogen-bond acceptors (Lipinski definition) is 4. The molecule has 0 spiro atoms. The number of ether oxygens (including phenoxy) is 1. The molecule has 0 radical (unpaired) electrons. The summed E-state index contributed by atoms with van der Waals surface area (Å²) in [6.07, 6.45) is 1.32. The molecule has 1 atom stereocenters. The van der Waals surface area contributed by atoms with Crippen molar-refractivity contribution in [3.63, 3.8) is 0 Å². The van der Waals surface area contributed by atoms with Gasteiger partial charge in [0.05, 0.1) is 0 Å². The van der Waals surface area contributed by atoms with Gasteiger partial charge in [0, 0.05) is 10.9 Å². The third-order valence-corrected chi connectivity index (χ3v) is 3.50. The molecule has 0 aromatic carbocycles. The first-order chi connectivity index (χ1) is 8.06. The second-order valence-corrected chi connectivity index (χ2v) is 5.53. The fourth-order valence-corrected chi connectivity index (χ4v) is 2.11. The second-order valence-electron chi connectivity index (χ2n) is 4.24. The van der Waals surface area contributed by atoms with E-state index in [0.29, 0.717) is 4.88 Å². The highest BCUT2D eigenvalue weighted by atomic mass is 32.1. The highest BCUT2D eigenvalue weighted by Gasteiger charge is 2.27. The lowest BCUT2D eigenvalue weighted by Crippen LogP contribution is -2.36. The molecule has 0 saturated heterocycles. The van der Waals surface area contributed by atoms with Crippen molar-refractivity contribution in [3.05, 3.63) is 21.9 Å². The number of nitrogens with one attached hydrogen (secondary N) is 1. The molecule has 1 heterocycles. The van der Waals surface area contributed by atoms with Gasteiger partial charge in [-0.25, -0.2) is 4.79 Å². The Morgan fingerprint density at radius 2 is 2.18 bits per heavy atom. The summed E-state index contributed by atoms with van der Waals surface area (Å²) in [6, 6.07) is 3.86. The molecule has 1 aliphatic rings. The van der Waals surface area contributed by atoms with Gasteiger partial charge in [-0.2, -0.15) is 0 Å². The van der Waals surface area contributed by atoms with Gasteiger partial charge in [-0.1, -0.05) is 0 Å². The molecule has 1 aliphatic carbocycles. The van der Waals surface area contributed by atoms with Gasteiger partial charge < -0.3 is 10.1 Å². The summed E-state index contributed by atoms with van der Waals surface area (Å²) >= 11 is 1.37. The van der Waals surface area contributed by atoms with Crippen molar-refractivity contribution < 1.29 is 14.3 Å². The van der Waals surface area contributed by atoms with Crippen LogP contribution in [0.4, 0.5) is 0 Å². The zero-order chi connectivity index (χ0) is 12.4. The number of aryl methyl sites for hydroxylation is 1. The van der Waals surface area contributed by atoms with E-state index in [1.54, 1.807) is 13.0 Å². The van der Waals surface area contributed by atoms with Crippen LogP contribution in [0.15, 0.2) is 12.1 Å². The Labute approximate surface area is 104 Å². The van der Waals surface area contributed by atoms with Gasteiger partial charge >= 0.3 is 5.97 Å². The standard InChI is InChI=1S/C12H15NO3S/c1-7-3-6-10(17-7)12(15)16-8(2)11(14)13-9-4-5-9/h3,6,8-9H,4-5H2,1-2H3,(H,13,14). The summed E-state index contributed by atoms with van der Waals surface area (Å²) in [5.74, 6) is -0.643.